The van der Waals surface area contributed by atoms with Gasteiger partial charge in [0.15, 0.2) is 0 Å². The van der Waals surface area contributed by atoms with Crippen LogP contribution in [0.25, 0.3) is 0 Å². The monoisotopic (exact) mass is 441 g/mol. The van der Waals surface area contributed by atoms with Gasteiger partial charge < -0.3 is 15.1 Å². The topological polar surface area (TPSA) is 60.8 Å². The molecule has 0 heterocycles. The lowest BCUT2D eigenvalue weighted by molar-refractivity contribution is -0.376. The van der Waals surface area contributed by atoms with Gasteiger partial charge in [-0.05, 0) is 29.8 Å². The zero-order valence-corrected chi connectivity index (χ0v) is 15.2. The summed E-state index contributed by atoms with van der Waals surface area (Å²) in [6.45, 7) is -0.559. The Morgan fingerprint density at radius 2 is 1.38 bits per heavy atom. The largest absolute Gasteiger partial charge is 0.480 e. The number of hydrogen-bond acceptors (Lipinski definition) is 3. The zero-order valence-electron chi connectivity index (χ0n) is 14.4. The molecular formula is C18H14ClF6NO3. The fourth-order valence-electron chi connectivity index (χ4n) is 2.61. The number of halogens is 7. The first-order chi connectivity index (χ1) is 13.3. The fraction of sp³-hybridized carbons (Fsp3) is 0.278. The average molecular weight is 442 g/mol. The highest BCUT2D eigenvalue weighted by Gasteiger charge is 2.71. The number of carboxylic acids is 1. The summed E-state index contributed by atoms with van der Waals surface area (Å²) in [7, 11) is 0. The van der Waals surface area contributed by atoms with Crippen molar-refractivity contribution in [1.29, 1.82) is 0 Å². The summed E-state index contributed by atoms with van der Waals surface area (Å²) in [4.78, 5) is 12.3. The first-order valence-electron chi connectivity index (χ1n) is 7.93. The summed E-state index contributed by atoms with van der Waals surface area (Å²) in [5, 5.41) is 18.9. The second kappa shape index (κ2) is 8.11. The number of carboxylic acid groups (broad SMARTS) is 1. The fourth-order valence-corrected chi connectivity index (χ4v) is 2.74. The van der Waals surface area contributed by atoms with Crippen LogP contribution in [-0.2, 0) is 16.9 Å². The number of benzene rings is 2. The van der Waals surface area contributed by atoms with E-state index in [9.17, 15) is 36.2 Å². The van der Waals surface area contributed by atoms with E-state index in [1.165, 1.54) is 4.90 Å². The molecule has 0 atom stereocenters. The summed E-state index contributed by atoms with van der Waals surface area (Å²) in [6.07, 6.45) is -12.0. The predicted octanol–water partition coefficient (Wildman–Crippen LogP) is 4.74. The molecule has 0 amide bonds. The number of aliphatic carboxylic acids is 1. The van der Waals surface area contributed by atoms with Gasteiger partial charge in [0.05, 0.1) is 0 Å². The third-order valence-electron chi connectivity index (χ3n) is 4.08. The molecule has 11 heteroatoms. The van der Waals surface area contributed by atoms with E-state index in [0.717, 1.165) is 12.1 Å². The first kappa shape index (κ1) is 22.8. The van der Waals surface area contributed by atoms with Crippen molar-refractivity contribution in [1.82, 2.24) is 0 Å². The molecule has 0 saturated carbocycles. The van der Waals surface area contributed by atoms with E-state index in [4.69, 9.17) is 16.7 Å². The minimum Gasteiger partial charge on any atom is -0.480 e. The molecule has 0 aliphatic heterocycles. The Kier molecular flexibility index (Phi) is 6.39. The van der Waals surface area contributed by atoms with Gasteiger partial charge in [0.2, 0.25) is 0 Å². The maximum atomic E-state index is 13.0. The Morgan fingerprint density at radius 1 is 0.897 bits per heavy atom. The van der Waals surface area contributed by atoms with Gasteiger partial charge in [-0.25, -0.2) is 0 Å². The molecule has 29 heavy (non-hydrogen) atoms. The van der Waals surface area contributed by atoms with Gasteiger partial charge in [0, 0.05) is 22.8 Å². The standard InChI is InChI=1S/C18H14ClF6NO3/c19-13-5-1-11(2-6-13)9-26(10-15(27)28)14-7-3-12(4-8-14)16(29,17(20,21)22)18(23,24)25/h1-8,29H,9-10H2,(H,27,28). The van der Waals surface area contributed by atoms with Crippen molar-refractivity contribution in [2.24, 2.45) is 0 Å². The summed E-state index contributed by atoms with van der Waals surface area (Å²) in [6, 6.07) is 8.99. The van der Waals surface area contributed by atoms with Crippen LogP contribution in [0.15, 0.2) is 48.5 Å². The van der Waals surface area contributed by atoms with Gasteiger partial charge >= 0.3 is 18.3 Å². The van der Waals surface area contributed by atoms with Crippen molar-refractivity contribution in [2.45, 2.75) is 24.5 Å². The van der Waals surface area contributed by atoms with Gasteiger partial charge in [-0.3, -0.25) is 4.79 Å². The smallest absolute Gasteiger partial charge is 0.430 e. The summed E-state index contributed by atoms with van der Waals surface area (Å²) >= 11 is 5.77. The van der Waals surface area contributed by atoms with E-state index in [1.807, 2.05) is 0 Å². The molecule has 2 rings (SSSR count). The van der Waals surface area contributed by atoms with Crippen LogP contribution < -0.4 is 4.90 Å². The Morgan fingerprint density at radius 3 is 1.79 bits per heavy atom. The summed E-state index contributed by atoms with van der Waals surface area (Å²) < 4.78 is 77.8. The van der Waals surface area contributed by atoms with Crippen LogP contribution in [0.1, 0.15) is 11.1 Å². The lowest BCUT2D eigenvalue weighted by Crippen LogP contribution is -2.53. The normalized spacial score (nSPS) is 12.7. The van der Waals surface area contributed by atoms with Gasteiger partial charge in [0.25, 0.3) is 5.60 Å². The van der Waals surface area contributed by atoms with Crippen LogP contribution in [0.5, 0.6) is 0 Å². The molecule has 0 bridgehead atoms. The summed E-state index contributed by atoms with van der Waals surface area (Å²) in [5.74, 6) is -1.26. The van der Waals surface area contributed by atoms with Crippen molar-refractivity contribution in [3.63, 3.8) is 0 Å². The zero-order chi connectivity index (χ0) is 22.0. The van der Waals surface area contributed by atoms with E-state index < -0.39 is 36.0 Å². The van der Waals surface area contributed by atoms with E-state index in [2.05, 4.69) is 0 Å². The van der Waals surface area contributed by atoms with Crippen LogP contribution in [0, 0.1) is 0 Å². The van der Waals surface area contributed by atoms with Crippen molar-refractivity contribution >= 4 is 23.3 Å². The van der Waals surface area contributed by atoms with Crippen LogP contribution in [0.2, 0.25) is 5.02 Å². The quantitative estimate of drug-likeness (QED) is 0.636. The van der Waals surface area contributed by atoms with E-state index in [1.54, 1.807) is 24.3 Å². The third kappa shape index (κ3) is 4.94. The highest BCUT2D eigenvalue weighted by molar-refractivity contribution is 6.30. The molecule has 0 saturated heterocycles. The second-order valence-corrected chi connectivity index (χ2v) is 6.57. The number of rotatable bonds is 6. The molecule has 0 spiro atoms. The van der Waals surface area contributed by atoms with Gasteiger partial charge in [-0.1, -0.05) is 35.9 Å². The maximum absolute atomic E-state index is 13.0. The van der Waals surface area contributed by atoms with Crippen molar-refractivity contribution < 1.29 is 41.4 Å². The molecule has 0 aliphatic carbocycles. The van der Waals surface area contributed by atoms with Crippen molar-refractivity contribution in [2.75, 3.05) is 11.4 Å². The molecule has 158 valence electrons. The van der Waals surface area contributed by atoms with Crippen LogP contribution in [0.3, 0.4) is 0 Å². The molecule has 2 aromatic rings. The molecule has 2 N–H and O–H groups in total. The molecule has 2 aromatic carbocycles. The Balaban J connectivity index is 2.39. The van der Waals surface area contributed by atoms with Crippen molar-refractivity contribution in [3.05, 3.63) is 64.7 Å². The second-order valence-electron chi connectivity index (χ2n) is 6.13. The predicted molar refractivity (Wildman–Crippen MR) is 92.6 cm³/mol. The van der Waals surface area contributed by atoms with E-state index in [-0.39, 0.29) is 12.2 Å². The minimum atomic E-state index is -6.00. The van der Waals surface area contributed by atoms with E-state index in [0.29, 0.717) is 22.7 Å². The number of carbonyl (C=O) groups is 1. The van der Waals surface area contributed by atoms with E-state index >= 15 is 0 Å². The van der Waals surface area contributed by atoms with Gasteiger partial charge in [-0.2, -0.15) is 26.3 Å². The first-order valence-corrected chi connectivity index (χ1v) is 8.31. The molecule has 4 nitrogen and oxygen atoms in total. The Labute approximate surface area is 165 Å². The maximum Gasteiger partial charge on any atom is 0.430 e. The van der Waals surface area contributed by atoms with Gasteiger partial charge in [-0.15, -0.1) is 0 Å². The summed E-state index contributed by atoms with van der Waals surface area (Å²) in [5.41, 5.74) is -5.81. The SMILES string of the molecule is O=C(O)CN(Cc1ccc(Cl)cc1)c1ccc(C(O)(C(F)(F)F)C(F)(F)F)cc1. The number of anilines is 1. The Bertz CT molecular complexity index is 836. The van der Waals surface area contributed by atoms with Crippen molar-refractivity contribution in [3.8, 4) is 0 Å². The third-order valence-corrected chi connectivity index (χ3v) is 4.34. The lowest BCUT2D eigenvalue weighted by atomic mass is 9.92. The number of aliphatic hydroxyl groups is 1. The molecule has 0 radical (unpaired) electrons. The minimum absolute atomic E-state index is 0.00558. The molecule has 0 aliphatic rings. The molecule has 0 fully saturated rings. The number of hydrogen-bond donors (Lipinski definition) is 2. The number of alkyl halides is 6. The highest BCUT2D eigenvalue weighted by atomic mass is 35.5. The average Bonchev–Trinajstić information content (AvgIpc) is 2.60. The molecule has 0 unspecified atom stereocenters. The lowest BCUT2D eigenvalue weighted by Gasteiger charge is -2.33. The van der Waals surface area contributed by atoms with Crippen LogP contribution in [-0.4, -0.2) is 35.1 Å². The van der Waals surface area contributed by atoms with Gasteiger partial charge in [0.1, 0.15) is 6.54 Å². The molecular weight excluding hydrogens is 428 g/mol. The Hall–Kier alpha value is -2.46. The number of nitrogens with zero attached hydrogens (tertiary/aromatic N) is 1. The van der Waals surface area contributed by atoms with Crippen LogP contribution >= 0.6 is 11.6 Å². The molecule has 0 aromatic heterocycles. The van der Waals surface area contributed by atoms with Crippen LogP contribution in [0.4, 0.5) is 32.0 Å². The highest BCUT2D eigenvalue weighted by Crippen LogP contribution is 2.50.